The van der Waals surface area contributed by atoms with Gasteiger partial charge in [0, 0.05) is 17.2 Å². The van der Waals surface area contributed by atoms with E-state index in [-0.39, 0.29) is 11.9 Å². The molecule has 4 nitrogen and oxygen atoms in total. The molecule has 0 radical (unpaired) electrons. The zero-order valence-electron chi connectivity index (χ0n) is 11.8. The van der Waals surface area contributed by atoms with Crippen molar-refractivity contribution in [2.45, 2.75) is 18.9 Å². The molecule has 1 atom stereocenters. The molecule has 2 aromatic rings. The number of halogens is 1. The van der Waals surface area contributed by atoms with Crippen LogP contribution in [0.1, 0.15) is 34.9 Å². The van der Waals surface area contributed by atoms with E-state index >= 15 is 0 Å². The highest BCUT2D eigenvalue weighted by Gasteiger charge is 2.31. The summed E-state index contributed by atoms with van der Waals surface area (Å²) in [5, 5.41) is 0. The first kappa shape index (κ1) is 14.2. The van der Waals surface area contributed by atoms with Crippen LogP contribution in [0.3, 0.4) is 0 Å². The second kappa shape index (κ2) is 5.93. The number of amides is 1. The fraction of sp³-hybridized carbons (Fsp3) is 0.312. The van der Waals surface area contributed by atoms with Crippen LogP contribution in [0.25, 0.3) is 0 Å². The molecule has 110 valence electrons. The summed E-state index contributed by atoms with van der Waals surface area (Å²) < 4.78 is 6.08. The van der Waals surface area contributed by atoms with E-state index in [2.05, 4.69) is 20.9 Å². The molecular weight excluding hydrogens is 332 g/mol. The highest BCUT2D eigenvalue weighted by Crippen LogP contribution is 2.33. The molecule has 1 amide bonds. The maximum absolute atomic E-state index is 12.6. The molecule has 0 spiro atoms. The Bertz CT molecular complexity index is 636. The highest BCUT2D eigenvalue weighted by atomic mass is 79.9. The highest BCUT2D eigenvalue weighted by molar-refractivity contribution is 9.10. The summed E-state index contributed by atoms with van der Waals surface area (Å²) in [5.41, 5.74) is 1.79. The lowest BCUT2D eigenvalue weighted by molar-refractivity contribution is 0.0730. The quantitative estimate of drug-likeness (QED) is 0.917. The van der Waals surface area contributed by atoms with Crippen LogP contribution in [0.2, 0.25) is 0 Å². The maximum atomic E-state index is 12.6. The Kier molecular flexibility index (Phi) is 4.01. The molecule has 21 heavy (non-hydrogen) atoms. The van der Waals surface area contributed by atoms with Gasteiger partial charge in [-0.15, -0.1) is 0 Å². The molecule has 1 N–H and O–H groups in total. The number of aromatic amines is 1. The van der Waals surface area contributed by atoms with E-state index in [1.165, 1.54) is 0 Å². The van der Waals surface area contributed by atoms with Gasteiger partial charge in [0.1, 0.15) is 11.4 Å². The van der Waals surface area contributed by atoms with Gasteiger partial charge >= 0.3 is 0 Å². The number of hydrogen-bond donors (Lipinski definition) is 1. The molecule has 5 heteroatoms. The van der Waals surface area contributed by atoms with E-state index in [0.717, 1.165) is 35.2 Å². The average molecular weight is 349 g/mol. The van der Waals surface area contributed by atoms with Crippen molar-refractivity contribution in [2.24, 2.45) is 0 Å². The van der Waals surface area contributed by atoms with Gasteiger partial charge in [0.15, 0.2) is 0 Å². The van der Waals surface area contributed by atoms with Gasteiger partial charge in [-0.2, -0.15) is 0 Å². The zero-order valence-corrected chi connectivity index (χ0v) is 13.4. The Morgan fingerprint density at radius 1 is 1.38 bits per heavy atom. The molecule has 0 bridgehead atoms. The van der Waals surface area contributed by atoms with Gasteiger partial charge in [0.25, 0.3) is 5.91 Å². The number of aromatic nitrogens is 1. The lowest BCUT2D eigenvalue weighted by Gasteiger charge is -2.24. The van der Waals surface area contributed by atoms with Crippen LogP contribution in [0, 0.1) is 0 Å². The normalized spacial score (nSPS) is 18.0. The zero-order chi connectivity index (χ0) is 14.8. The minimum atomic E-state index is 0.0546. The summed E-state index contributed by atoms with van der Waals surface area (Å²) in [6, 6.07) is 9.94. The summed E-state index contributed by atoms with van der Waals surface area (Å²) >= 11 is 3.37. The Morgan fingerprint density at radius 3 is 2.76 bits per heavy atom. The van der Waals surface area contributed by atoms with Crippen molar-refractivity contribution in [3.8, 4) is 5.75 Å². The number of rotatable bonds is 3. The van der Waals surface area contributed by atoms with Crippen LogP contribution in [0.15, 0.2) is 41.0 Å². The smallest absolute Gasteiger partial charge is 0.270 e. The topological polar surface area (TPSA) is 45.3 Å². The number of nitrogens with one attached hydrogen (secondary N) is 1. The van der Waals surface area contributed by atoms with E-state index in [9.17, 15) is 4.79 Å². The number of likely N-dealkylation sites (tertiary alicyclic amines) is 1. The first-order chi connectivity index (χ1) is 10.2. The molecule has 1 unspecified atom stereocenters. The van der Waals surface area contributed by atoms with Gasteiger partial charge in [-0.1, -0.05) is 12.1 Å². The number of benzene rings is 1. The minimum Gasteiger partial charge on any atom is -0.497 e. The Hall–Kier alpha value is -1.75. The molecule has 1 aliphatic heterocycles. The Balaban J connectivity index is 1.83. The van der Waals surface area contributed by atoms with Gasteiger partial charge in [-0.3, -0.25) is 4.79 Å². The lowest BCUT2D eigenvalue weighted by Crippen LogP contribution is -2.30. The number of hydrogen-bond acceptors (Lipinski definition) is 2. The van der Waals surface area contributed by atoms with Gasteiger partial charge in [-0.25, -0.2) is 0 Å². The van der Waals surface area contributed by atoms with E-state index in [4.69, 9.17) is 4.74 Å². The summed E-state index contributed by atoms with van der Waals surface area (Å²) in [6.07, 6.45) is 3.82. The summed E-state index contributed by atoms with van der Waals surface area (Å²) in [5.74, 6) is 0.891. The third kappa shape index (κ3) is 2.83. The van der Waals surface area contributed by atoms with Crippen LogP contribution in [0.4, 0.5) is 0 Å². The molecule has 1 aliphatic rings. The van der Waals surface area contributed by atoms with Crippen molar-refractivity contribution >= 4 is 21.8 Å². The number of H-pyrrole nitrogens is 1. The van der Waals surface area contributed by atoms with Crippen LogP contribution >= 0.6 is 15.9 Å². The largest absolute Gasteiger partial charge is 0.497 e. The minimum absolute atomic E-state index is 0.0546. The van der Waals surface area contributed by atoms with Crippen LogP contribution in [-0.4, -0.2) is 29.4 Å². The average Bonchev–Trinajstić information content (AvgIpc) is 3.15. The molecule has 1 fully saturated rings. The van der Waals surface area contributed by atoms with Crippen molar-refractivity contribution < 1.29 is 9.53 Å². The van der Waals surface area contributed by atoms with Crippen LogP contribution in [0.5, 0.6) is 5.75 Å². The number of nitrogens with zero attached hydrogens (tertiary/aromatic N) is 1. The molecular formula is C16H17BrN2O2. The number of carbonyl (C=O) groups excluding carboxylic acids is 1. The Labute approximate surface area is 132 Å². The molecule has 1 aromatic carbocycles. The number of carbonyl (C=O) groups is 1. The predicted octanol–water partition coefficient (Wildman–Crippen LogP) is 3.76. The van der Waals surface area contributed by atoms with Crippen LogP contribution < -0.4 is 4.74 Å². The van der Waals surface area contributed by atoms with Crippen molar-refractivity contribution in [2.75, 3.05) is 13.7 Å². The van der Waals surface area contributed by atoms with Crippen molar-refractivity contribution in [1.29, 1.82) is 0 Å². The molecule has 1 saturated heterocycles. The summed E-state index contributed by atoms with van der Waals surface area (Å²) in [6.45, 7) is 0.798. The van der Waals surface area contributed by atoms with E-state index < -0.39 is 0 Å². The molecule has 0 saturated carbocycles. The third-order valence-electron chi connectivity index (χ3n) is 3.89. The summed E-state index contributed by atoms with van der Waals surface area (Å²) in [4.78, 5) is 17.6. The maximum Gasteiger partial charge on any atom is 0.270 e. The van der Waals surface area contributed by atoms with E-state index in [0.29, 0.717) is 5.69 Å². The standard InChI is InChI=1S/C16H17BrN2O2/c1-21-13-6-4-11(5-7-13)15-3-2-8-19(15)16(20)14-9-12(17)10-18-14/h4-7,9-10,15,18H,2-3,8H2,1H3. The van der Waals surface area contributed by atoms with E-state index in [1.807, 2.05) is 35.2 Å². The number of ether oxygens (including phenoxy) is 1. The van der Waals surface area contributed by atoms with Gasteiger partial charge < -0.3 is 14.6 Å². The molecule has 2 heterocycles. The number of methoxy groups -OCH3 is 1. The van der Waals surface area contributed by atoms with Crippen molar-refractivity contribution in [1.82, 2.24) is 9.88 Å². The SMILES string of the molecule is COc1ccc(C2CCCN2C(=O)c2cc(Br)c[nH]2)cc1. The summed E-state index contributed by atoms with van der Waals surface area (Å²) in [7, 11) is 1.66. The van der Waals surface area contributed by atoms with Gasteiger partial charge in [0.2, 0.25) is 0 Å². The monoisotopic (exact) mass is 348 g/mol. The fourth-order valence-corrected chi connectivity index (χ4v) is 3.17. The molecule has 3 rings (SSSR count). The first-order valence-electron chi connectivity index (χ1n) is 6.98. The first-order valence-corrected chi connectivity index (χ1v) is 7.77. The fourth-order valence-electron chi connectivity index (χ4n) is 2.83. The van der Waals surface area contributed by atoms with Crippen molar-refractivity contribution in [3.63, 3.8) is 0 Å². The van der Waals surface area contributed by atoms with Crippen LogP contribution in [-0.2, 0) is 0 Å². The molecule has 0 aliphatic carbocycles. The van der Waals surface area contributed by atoms with Gasteiger partial charge in [0.05, 0.1) is 13.2 Å². The van der Waals surface area contributed by atoms with Crippen molar-refractivity contribution in [3.05, 3.63) is 52.3 Å². The van der Waals surface area contributed by atoms with Gasteiger partial charge in [-0.05, 0) is 52.5 Å². The predicted molar refractivity (Wildman–Crippen MR) is 84.5 cm³/mol. The lowest BCUT2D eigenvalue weighted by atomic mass is 10.0. The second-order valence-electron chi connectivity index (χ2n) is 5.16. The Morgan fingerprint density at radius 2 is 2.14 bits per heavy atom. The third-order valence-corrected chi connectivity index (χ3v) is 4.35. The second-order valence-corrected chi connectivity index (χ2v) is 6.08. The van der Waals surface area contributed by atoms with E-state index in [1.54, 1.807) is 13.3 Å². The molecule has 1 aromatic heterocycles.